The van der Waals surface area contributed by atoms with Crippen molar-refractivity contribution in [2.24, 2.45) is 11.8 Å². The molecule has 0 saturated carbocycles. The molecule has 3 aromatic rings. The van der Waals surface area contributed by atoms with Gasteiger partial charge >= 0.3 is 0 Å². The van der Waals surface area contributed by atoms with Crippen LogP contribution in [-0.2, 0) is 11.2 Å². The number of carbonyl (C=O) groups excluding carboxylic acids is 2. The van der Waals surface area contributed by atoms with Gasteiger partial charge in [0.2, 0.25) is 5.91 Å². The molecule has 2 atom stereocenters. The Morgan fingerprint density at radius 2 is 1.89 bits per heavy atom. The number of nitrogens with one attached hydrogen (secondary N) is 1. The lowest BCUT2D eigenvalue weighted by Gasteiger charge is -2.35. The molecular weight excluding hydrogens is 440 g/mol. The number of piperidine rings is 1. The fraction of sp³-hybridized carbons (Fsp3) is 0.444. The van der Waals surface area contributed by atoms with Gasteiger partial charge in [0.1, 0.15) is 11.6 Å². The Kier molecular flexibility index (Phi) is 6.88. The molecule has 8 nitrogen and oxygen atoms in total. The first-order valence-corrected chi connectivity index (χ1v) is 12.1. The summed E-state index contributed by atoms with van der Waals surface area (Å²) in [6, 6.07) is 7.62. The van der Waals surface area contributed by atoms with Crippen LogP contribution in [0.15, 0.2) is 24.4 Å². The lowest BCUT2D eigenvalue weighted by molar-refractivity contribution is -0.116. The molecule has 4 rings (SSSR count). The van der Waals surface area contributed by atoms with Gasteiger partial charge in [-0.15, -0.1) is 0 Å². The number of rotatable bonds is 5. The van der Waals surface area contributed by atoms with E-state index in [4.69, 9.17) is 0 Å². The number of hydrogen-bond acceptors (Lipinski definition) is 5. The summed E-state index contributed by atoms with van der Waals surface area (Å²) >= 11 is 0. The minimum Gasteiger partial charge on any atom is -0.338 e. The van der Waals surface area contributed by atoms with Crippen molar-refractivity contribution in [1.82, 2.24) is 19.5 Å². The van der Waals surface area contributed by atoms with Crippen molar-refractivity contribution in [3.63, 3.8) is 0 Å². The summed E-state index contributed by atoms with van der Waals surface area (Å²) in [5.41, 5.74) is 5.72. The summed E-state index contributed by atoms with van der Waals surface area (Å²) in [5.74, 6) is 0.859. The number of benzene rings is 1. The highest BCUT2D eigenvalue weighted by Gasteiger charge is 2.26. The molecule has 2 amide bonds. The SMILES string of the molecule is Cc1ccc(C(=O)N2CC(C)CC(C)C2)cc1NC(=O)CCc1c(C)nc2c(C#N)cnn2c1C. The van der Waals surface area contributed by atoms with Crippen molar-refractivity contribution in [1.29, 1.82) is 5.26 Å². The average Bonchev–Trinajstić information content (AvgIpc) is 3.22. The van der Waals surface area contributed by atoms with Crippen LogP contribution in [0.25, 0.3) is 5.65 Å². The van der Waals surface area contributed by atoms with Gasteiger partial charge in [0, 0.05) is 42.1 Å². The zero-order chi connectivity index (χ0) is 25.3. The smallest absolute Gasteiger partial charge is 0.253 e. The molecule has 1 aromatic carbocycles. The van der Waals surface area contributed by atoms with E-state index in [-0.39, 0.29) is 18.2 Å². The summed E-state index contributed by atoms with van der Waals surface area (Å²) < 4.78 is 1.65. The van der Waals surface area contributed by atoms with Crippen molar-refractivity contribution < 1.29 is 9.59 Å². The van der Waals surface area contributed by atoms with E-state index in [0.29, 0.717) is 40.7 Å². The monoisotopic (exact) mass is 472 g/mol. The molecule has 35 heavy (non-hydrogen) atoms. The molecular formula is C27H32N6O2. The Morgan fingerprint density at radius 3 is 2.57 bits per heavy atom. The van der Waals surface area contributed by atoms with E-state index >= 15 is 0 Å². The highest BCUT2D eigenvalue weighted by atomic mass is 16.2. The van der Waals surface area contributed by atoms with Crippen LogP contribution < -0.4 is 5.32 Å². The Bertz CT molecular complexity index is 1330. The number of aryl methyl sites for hydroxylation is 3. The maximum Gasteiger partial charge on any atom is 0.253 e. The third-order valence-corrected chi connectivity index (χ3v) is 6.85. The van der Waals surface area contributed by atoms with E-state index in [1.54, 1.807) is 10.6 Å². The van der Waals surface area contributed by atoms with Crippen LogP contribution >= 0.6 is 0 Å². The van der Waals surface area contributed by atoms with Crippen LogP contribution in [0.3, 0.4) is 0 Å². The first-order valence-electron chi connectivity index (χ1n) is 12.1. The second-order valence-electron chi connectivity index (χ2n) is 9.90. The zero-order valence-corrected chi connectivity index (χ0v) is 21.1. The van der Waals surface area contributed by atoms with Crippen molar-refractivity contribution >= 4 is 23.1 Å². The van der Waals surface area contributed by atoms with Gasteiger partial charge in [0.15, 0.2) is 5.65 Å². The number of anilines is 1. The predicted molar refractivity (Wildman–Crippen MR) is 134 cm³/mol. The van der Waals surface area contributed by atoms with Crippen LogP contribution in [-0.4, -0.2) is 44.4 Å². The van der Waals surface area contributed by atoms with Gasteiger partial charge in [-0.25, -0.2) is 9.50 Å². The summed E-state index contributed by atoms with van der Waals surface area (Å²) in [7, 11) is 0. The fourth-order valence-corrected chi connectivity index (χ4v) is 5.10. The molecule has 1 aliphatic heterocycles. The third kappa shape index (κ3) is 5.04. The lowest BCUT2D eigenvalue weighted by Crippen LogP contribution is -2.42. The van der Waals surface area contributed by atoms with E-state index in [0.717, 1.165) is 42.0 Å². The summed E-state index contributed by atoms with van der Waals surface area (Å²) in [5, 5.41) is 16.5. The molecule has 2 unspecified atom stereocenters. The highest BCUT2D eigenvalue weighted by Crippen LogP contribution is 2.25. The molecule has 0 radical (unpaired) electrons. The van der Waals surface area contributed by atoms with E-state index in [1.165, 1.54) is 6.20 Å². The van der Waals surface area contributed by atoms with Crippen LogP contribution in [0.1, 0.15) is 65.1 Å². The van der Waals surface area contributed by atoms with Gasteiger partial charge in [-0.3, -0.25) is 9.59 Å². The molecule has 0 spiro atoms. The first kappa shape index (κ1) is 24.4. The molecule has 182 valence electrons. The molecule has 1 saturated heterocycles. The second kappa shape index (κ2) is 9.87. The largest absolute Gasteiger partial charge is 0.338 e. The van der Waals surface area contributed by atoms with Crippen molar-refractivity contribution in [2.45, 2.75) is 53.9 Å². The highest BCUT2D eigenvalue weighted by molar-refractivity contribution is 5.98. The Hall–Kier alpha value is -3.73. The van der Waals surface area contributed by atoms with Crippen molar-refractivity contribution in [3.8, 4) is 6.07 Å². The average molecular weight is 473 g/mol. The number of fused-ring (bicyclic) bond motifs is 1. The number of amides is 2. The minimum atomic E-state index is -0.130. The number of carbonyl (C=O) groups is 2. The number of nitrogens with zero attached hydrogens (tertiary/aromatic N) is 5. The molecule has 0 aliphatic carbocycles. The number of nitriles is 1. The van der Waals surface area contributed by atoms with Gasteiger partial charge in [-0.1, -0.05) is 19.9 Å². The molecule has 1 N–H and O–H groups in total. The standard InChI is InChI=1S/C27H32N6O2/c1-16-10-17(2)15-32(14-16)27(35)21-7-6-18(3)24(11-21)31-25(34)9-8-23-19(4)30-26-22(12-28)13-29-33(26)20(23)5/h6-7,11,13,16-17H,8-10,14-15H2,1-5H3,(H,31,34). The van der Waals surface area contributed by atoms with Gasteiger partial charge < -0.3 is 10.2 Å². The van der Waals surface area contributed by atoms with Crippen LogP contribution in [0.2, 0.25) is 0 Å². The Labute approximate surface area is 206 Å². The number of likely N-dealkylation sites (tertiary alicyclic amines) is 1. The lowest BCUT2D eigenvalue weighted by atomic mass is 9.91. The zero-order valence-electron chi connectivity index (χ0n) is 21.1. The van der Waals surface area contributed by atoms with Gasteiger partial charge in [0.25, 0.3) is 5.91 Å². The number of hydrogen-bond donors (Lipinski definition) is 1. The normalized spacial score (nSPS) is 17.9. The maximum atomic E-state index is 13.1. The third-order valence-electron chi connectivity index (χ3n) is 6.85. The molecule has 2 aromatic heterocycles. The molecule has 8 heteroatoms. The van der Waals surface area contributed by atoms with Crippen molar-refractivity contribution in [3.05, 3.63) is 58.0 Å². The van der Waals surface area contributed by atoms with Gasteiger partial charge in [-0.05, 0) is 68.7 Å². The Morgan fingerprint density at radius 1 is 1.17 bits per heavy atom. The summed E-state index contributed by atoms with van der Waals surface area (Å²) in [6.45, 7) is 11.6. The van der Waals surface area contributed by atoms with Crippen LogP contribution in [0.5, 0.6) is 0 Å². The minimum absolute atomic E-state index is 0.0143. The summed E-state index contributed by atoms with van der Waals surface area (Å²) in [6.07, 6.45) is 3.41. The van der Waals surface area contributed by atoms with E-state index in [9.17, 15) is 14.9 Å². The van der Waals surface area contributed by atoms with E-state index in [2.05, 4.69) is 35.3 Å². The molecule has 1 aliphatic rings. The molecule has 1 fully saturated rings. The fourth-order valence-electron chi connectivity index (χ4n) is 5.10. The van der Waals surface area contributed by atoms with E-state index in [1.807, 2.05) is 37.8 Å². The van der Waals surface area contributed by atoms with Crippen LogP contribution in [0, 0.1) is 43.9 Å². The molecule has 3 heterocycles. The number of aromatic nitrogens is 3. The van der Waals surface area contributed by atoms with Crippen molar-refractivity contribution in [2.75, 3.05) is 18.4 Å². The topological polar surface area (TPSA) is 103 Å². The van der Waals surface area contributed by atoms with Gasteiger partial charge in [0.05, 0.1) is 6.20 Å². The maximum absolute atomic E-state index is 13.1. The van der Waals surface area contributed by atoms with E-state index < -0.39 is 0 Å². The quantitative estimate of drug-likeness (QED) is 0.599. The second-order valence-corrected chi connectivity index (χ2v) is 9.90. The first-order chi connectivity index (χ1) is 16.7. The van der Waals surface area contributed by atoms with Gasteiger partial charge in [-0.2, -0.15) is 10.4 Å². The predicted octanol–water partition coefficient (Wildman–Crippen LogP) is 4.22. The van der Waals surface area contributed by atoms with Crippen LogP contribution in [0.4, 0.5) is 5.69 Å². The molecule has 0 bridgehead atoms. The Balaban J connectivity index is 1.46. The summed E-state index contributed by atoms with van der Waals surface area (Å²) in [4.78, 5) is 32.4.